The Labute approximate surface area is 280 Å². The van der Waals surface area contributed by atoms with Crippen LogP contribution in [0.15, 0.2) is 97.6 Å². The van der Waals surface area contributed by atoms with Gasteiger partial charge in [0.15, 0.2) is 35.0 Å². The fourth-order valence-electron chi connectivity index (χ4n) is 6.45. The minimum absolute atomic E-state index is 0.188. The molecule has 0 aliphatic carbocycles. The van der Waals surface area contributed by atoms with Gasteiger partial charge in [-0.15, -0.1) is 0 Å². The number of nitrogens with two attached hydrogens (primary N) is 1. The van der Waals surface area contributed by atoms with E-state index < -0.39 is 36.1 Å². The average Bonchev–Trinajstić information content (AvgIpc) is 3.84. The second-order valence-electron chi connectivity index (χ2n) is 12.1. The number of nitrogens with one attached hydrogen (secondary N) is 1. The Bertz CT molecular complexity index is 2000. The van der Waals surface area contributed by atoms with Crippen LogP contribution in [0.3, 0.4) is 0 Å². The molecule has 5 aromatic rings. The molecule has 8 rings (SSSR count). The molecule has 0 radical (unpaired) electrons. The first-order chi connectivity index (χ1) is 23.2. The summed E-state index contributed by atoms with van der Waals surface area (Å²) in [7, 11) is 0. The average molecular weight is 667 g/mol. The third kappa shape index (κ3) is 5.13. The minimum Gasteiger partial charge on any atom is -0.440 e. The van der Waals surface area contributed by atoms with Crippen LogP contribution in [0.2, 0.25) is 5.02 Å². The minimum atomic E-state index is -1.30. The van der Waals surface area contributed by atoms with Gasteiger partial charge in [0.1, 0.15) is 30.2 Å². The van der Waals surface area contributed by atoms with E-state index in [2.05, 4.69) is 20.3 Å². The van der Waals surface area contributed by atoms with Gasteiger partial charge in [-0.2, -0.15) is 0 Å². The topological polar surface area (TPSA) is 145 Å². The van der Waals surface area contributed by atoms with Gasteiger partial charge in [0.05, 0.1) is 11.9 Å². The number of fused-ring (bicyclic) bond motifs is 3. The van der Waals surface area contributed by atoms with Crippen LogP contribution < -0.4 is 20.5 Å². The number of benzene rings is 3. The van der Waals surface area contributed by atoms with Crippen molar-refractivity contribution < 1.29 is 28.5 Å². The first kappa shape index (κ1) is 30.3. The Morgan fingerprint density at radius 2 is 1.69 bits per heavy atom. The maximum absolute atomic E-state index is 13.6. The van der Waals surface area contributed by atoms with Crippen molar-refractivity contribution >= 4 is 34.5 Å². The van der Waals surface area contributed by atoms with Crippen LogP contribution in [-0.4, -0.2) is 56.1 Å². The number of hydrogen-bond donors (Lipinski definition) is 2. The predicted molar refractivity (Wildman–Crippen MR) is 175 cm³/mol. The lowest BCUT2D eigenvalue weighted by molar-refractivity contribution is -0.191. The summed E-state index contributed by atoms with van der Waals surface area (Å²) in [6, 6.07) is 22.4. The first-order valence-electron chi connectivity index (χ1n) is 15.4. The van der Waals surface area contributed by atoms with Crippen molar-refractivity contribution in [2.45, 2.75) is 50.0 Å². The Hall–Kier alpha value is -5.01. The number of ether oxygens (including phenoxy) is 5. The fourth-order valence-corrected chi connectivity index (χ4v) is 6.66. The van der Waals surface area contributed by atoms with Crippen LogP contribution in [0.5, 0.6) is 11.5 Å². The number of aromatic nitrogens is 4. The largest absolute Gasteiger partial charge is 0.440 e. The van der Waals surface area contributed by atoms with Crippen molar-refractivity contribution in [1.82, 2.24) is 24.8 Å². The van der Waals surface area contributed by atoms with Crippen LogP contribution in [0.25, 0.3) is 11.2 Å². The van der Waals surface area contributed by atoms with Gasteiger partial charge < -0.3 is 34.7 Å². The number of hydrogen-bond acceptors (Lipinski definition) is 10. The number of anilines is 1. The number of halogens is 1. The molecule has 2 fully saturated rings. The van der Waals surface area contributed by atoms with E-state index in [0.717, 1.165) is 11.1 Å². The van der Waals surface area contributed by atoms with Gasteiger partial charge in [-0.3, -0.25) is 9.36 Å². The third-order valence-electron chi connectivity index (χ3n) is 8.50. The van der Waals surface area contributed by atoms with Gasteiger partial charge in [0, 0.05) is 28.8 Å². The molecular weight excluding hydrogens is 636 g/mol. The van der Waals surface area contributed by atoms with E-state index in [1.54, 1.807) is 23.0 Å². The molecule has 0 spiro atoms. The number of carbonyl (C=O) groups excluding carboxylic acids is 1. The molecule has 1 amide bonds. The van der Waals surface area contributed by atoms with Crippen LogP contribution in [0.4, 0.5) is 5.82 Å². The van der Waals surface area contributed by atoms with Gasteiger partial charge in [-0.25, -0.2) is 15.0 Å². The molecule has 0 saturated carbocycles. The highest BCUT2D eigenvalue weighted by Gasteiger charge is 2.55. The highest BCUT2D eigenvalue weighted by atomic mass is 35.5. The van der Waals surface area contributed by atoms with Gasteiger partial charge in [0.25, 0.3) is 5.91 Å². The van der Waals surface area contributed by atoms with E-state index in [1.807, 2.05) is 86.7 Å². The van der Waals surface area contributed by atoms with Crippen LogP contribution >= 0.6 is 11.6 Å². The molecule has 5 heterocycles. The number of nitrogen functional groups attached to an aromatic ring is 1. The zero-order chi connectivity index (χ0) is 33.0. The summed E-state index contributed by atoms with van der Waals surface area (Å²) in [4.78, 5) is 26.4. The Balaban J connectivity index is 1.01. The second-order valence-corrected chi connectivity index (χ2v) is 12.5. The summed E-state index contributed by atoms with van der Waals surface area (Å²) < 4.78 is 33.7. The zero-order valence-corrected chi connectivity index (χ0v) is 26.7. The molecule has 3 aliphatic rings. The monoisotopic (exact) mass is 666 g/mol. The van der Waals surface area contributed by atoms with Gasteiger partial charge >= 0.3 is 5.79 Å². The fraction of sp³-hybridized carbons (Fsp3) is 0.257. The third-order valence-corrected chi connectivity index (χ3v) is 8.72. The maximum Gasteiger partial charge on any atom is 0.305 e. The quantitative estimate of drug-likeness (QED) is 0.224. The molecule has 2 saturated heterocycles. The lowest BCUT2D eigenvalue weighted by Crippen LogP contribution is -2.37. The van der Waals surface area contributed by atoms with Gasteiger partial charge in [0.2, 0.25) is 0 Å². The van der Waals surface area contributed by atoms with Crippen molar-refractivity contribution in [2.24, 2.45) is 0 Å². The number of imidazole rings is 1. The Morgan fingerprint density at radius 1 is 0.979 bits per heavy atom. The lowest BCUT2D eigenvalue weighted by Gasteiger charge is -2.28. The van der Waals surface area contributed by atoms with E-state index in [4.69, 9.17) is 41.0 Å². The van der Waals surface area contributed by atoms with Crippen molar-refractivity contribution in [3.05, 3.63) is 119 Å². The molecule has 0 bridgehead atoms. The highest BCUT2D eigenvalue weighted by molar-refractivity contribution is 6.31. The molecular formula is C35H31ClN6O6. The van der Waals surface area contributed by atoms with Crippen LogP contribution in [0.1, 0.15) is 41.6 Å². The Kier molecular flexibility index (Phi) is 7.33. The SMILES string of the molecule is CC1(C)O[C@@H]2[C@H](O1)[C@@H](C=CCNC(=O)c1cc(Cl)cc3c1OC(c1ccccc1)(c1ccccc1)O3)O[C@H]2n1cnc2c(N)ncnc21. The molecule has 12 nitrogen and oxygen atoms in total. The van der Waals surface area contributed by atoms with E-state index >= 15 is 0 Å². The number of rotatable bonds is 7. The maximum atomic E-state index is 13.6. The molecule has 0 unspecified atom stereocenters. The molecule has 3 N–H and O–H groups in total. The predicted octanol–water partition coefficient (Wildman–Crippen LogP) is 5.14. The van der Waals surface area contributed by atoms with E-state index in [1.165, 1.54) is 6.33 Å². The van der Waals surface area contributed by atoms with E-state index in [0.29, 0.717) is 27.7 Å². The van der Waals surface area contributed by atoms with Crippen LogP contribution in [-0.2, 0) is 20.0 Å². The normalized spacial score (nSPS) is 23.5. The molecule has 2 aromatic heterocycles. The lowest BCUT2D eigenvalue weighted by atomic mass is 9.97. The molecule has 244 valence electrons. The van der Waals surface area contributed by atoms with Crippen molar-refractivity contribution in [1.29, 1.82) is 0 Å². The molecule has 3 aliphatic heterocycles. The standard InChI is InChI=1S/C35H31ClN6O6/c1-34(2)46-28-24(44-33(29(28)47-34)42-19-41-26-30(37)39-18-40-31(26)42)14-9-15-38-32(43)23-16-22(36)17-25-27(23)48-35(45-25,20-10-5-3-6-11-20)21-12-7-4-8-13-21/h3-14,16-19,24,28-29,33H,15H2,1-2H3,(H,38,43)(H2,37,39,40)/t24-,28-,29-,33-/m1/s1. The van der Waals surface area contributed by atoms with Crippen molar-refractivity contribution in [3.8, 4) is 11.5 Å². The Morgan fingerprint density at radius 3 is 2.42 bits per heavy atom. The molecule has 4 atom stereocenters. The van der Waals surface area contributed by atoms with Crippen LogP contribution in [0, 0.1) is 0 Å². The van der Waals surface area contributed by atoms with Crippen molar-refractivity contribution in [3.63, 3.8) is 0 Å². The van der Waals surface area contributed by atoms with Gasteiger partial charge in [-0.1, -0.05) is 84.4 Å². The smallest absolute Gasteiger partial charge is 0.305 e. The highest BCUT2D eigenvalue weighted by Crippen LogP contribution is 2.50. The van der Waals surface area contributed by atoms with E-state index in [9.17, 15) is 4.79 Å². The number of amides is 1. The second kappa shape index (κ2) is 11.6. The summed E-state index contributed by atoms with van der Waals surface area (Å²) in [6.07, 6.45) is 4.72. The van der Waals surface area contributed by atoms with Gasteiger partial charge in [-0.05, 0) is 19.9 Å². The summed E-state index contributed by atoms with van der Waals surface area (Å²) in [5, 5.41) is 3.28. The zero-order valence-electron chi connectivity index (χ0n) is 25.9. The first-order valence-corrected chi connectivity index (χ1v) is 15.8. The summed E-state index contributed by atoms with van der Waals surface area (Å²) in [5.41, 5.74) is 8.80. The molecule has 48 heavy (non-hydrogen) atoms. The molecule has 13 heteroatoms. The van der Waals surface area contributed by atoms with E-state index in [-0.39, 0.29) is 23.8 Å². The van der Waals surface area contributed by atoms with Crippen molar-refractivity contribution in [2.75, 3.05) is 12.3 Å². The summed E-state index contributed by atoms with van der Waals surface area (Å²) >= 11 is 6.49. The summed E-state index contributed by atoms with van der Waals surface area (Å²) in [5.74, 6) is -1.57. The number of nitrogens with zero attached hydrogens (tertiary/aromatic N) is 4. The summed E-state index contributed by atoms with van der Waals surface area (Å²) in [6.45, 7) is 3.90. The number of carbonyl (C=O) groups is 1. The molecule has 3 aromatic carbocycles.